The zero-order chi connectivity index (χ0) is 16.8. The number of nitrogens with one attached hydrogen (secondary N) is 1. The summed E-state index contributed by atoms with van der Waals surface area (Å²) < 4.78 is 12.9. The van der Waals surface area contributed by atoms with E-state index in [4.69, 9.17) is 0 Å². The number of carbonyl (C=O) groups is 1. The van der Waals surface area contributed by atoms with E-state index in [0.717, 1.165) is 19.3 Å². The van der Waals surface area contributed by atoms with Crippen LogP contribution in [-0.2, 0) is 0 Å². The van der Waals surface area contributed by atoms with Crippen LogP contribution in [0, 0.1) is 23.1 Å². The van der Waals surface area contributed by atoms with Crippen LogP contribution >= 0.6 is 0 Å². The van der Waals surface area contributed by atoms with Crippen molar-refractivity contribution in [2.75, 3.05) is 6.54 Å². The molecule has 0 aliphatic rings. The Balaban J connectivity index is 2.76. The molecule has 124 valence electrons. The van der Waals surface area contributed by atoms with Gasteiger partial charge in [0.15, 0.2) is 0 Å². The predicted molar refractivity (Wildman–Crippen MR) is 90.4 cm³/mol. The van der Waals surface area contributed by atoms with Crippen LogP contribution in [-0.4, -0.2) is 12.5 Å². The number of hydrogen-bond donors (Lipinski definition) is 1. The van der Waals surface area contributed by atoms with E-state index in [1.54, 1.807) is 0 Å². The van der Waals surface area contributed by atoms with Crippen molar-refractivity contribution in [2.45, 2.75) is 53.9 Å². The van der Waals surface area contributed by atoms with Gasteiger partial charge in [0.25, 0.3) is 5.91 Å². The molecule has 0 spiro atoms. The summed E-state index contributed by atoms with van der Waals surface area (Å²) >= 11 is 0. The molecule has 0 aliphatic heterocycles. The Bertz CT molecular complexity index is 455. The quantitative estimate of drug-likeness (QED) is 0.716. The first-order chi connectivity index (χ1) is 10.3. The second-order valence-electron chi connectivity index (χ2n) is 7.24. The molecule has 0 unspecified atom stereocenters. The fraction of sp³-hybridized carbons (Fsp3) is 0.632. The molecule has 22 heavy (non-hydrogen) atoms. The maximum atomic E-state index is 12.9. The molecule has 0 aliphatic carbocycles. The van der Waals surface area contributed by atoms with Gasteiger partial charge in [-0.1, -0.05) is 34.6 Å². The van der Waals surface area contributed by atoms with Crippen molar-refractivity contribution < 1.29 is 9.18 Å². The first-order valence-electron chi connectivity index (χ1n) is 8.32. The molecule has 0 bridgehead atoms. The highest BCUT2D eigenvalue weighted by atomic mass is 19.1. The second-order valence-corrected chi connectivity index (χ2v) is 7.24. The monoisotopic (exact) mass is 307 g/mol. The third kappa shape index (κ3) is 5.78. The number of benzene rings is 1. The number of amides is 1. The Morgan fingerprint density at radius 1 is 1.09 bits per heavy atom. The fourth-order valence-electron chi connectivity index (χ4n) is 3.34. The van der Waals surface area contributed by atoms with Gasteiger partial charge in [0.05, 0.1) is 0 Å². The maximum Gasteiger partial charge on any atom is 0.251 e. The third-order valence-corrected chi connectivity index (χ3v) is 4.16. The average molecular weight is 307 g/mol. The highest BCUT2D eigenvalue weighted by Gasteiger charge is 2.30. The molecule has 0 saturated carbocycles. The van der Waals surface area contributed by atoms with Crippen molar-refractivity contribution in [3.05, 3.63) is 35.6 Å². The van der Waals surface area contributed by atoms with Gasteiger partial charge in [-0.3, -0.25) is 4.79 Å². The molecule has 0 atom stereocenters. The highest BCUT2D eigenvalue weighted by molar-refractivity contribution is 5.94. The molecule has 1 N–H and O–H groups in total. The van der Waals surface area contributed by atoms with Gasteiger partial charge in [-0.2, -0.15) is 0 Å². The lowest BCUT2D eigenvalue weighted by molar-refractivity contribution is 0.0900. The summed E-state index contributed by atoms with van der Waals surface area (Å²) in [5, 5.41) is 3.06. The van der Waals surface area contributed by atoms with Gasteiger partial charge in [0.2, 0.25) is 0 Å². The molecular formula is C19H30FNO. The first-order valence-corrected chi connectivity index (χ1v) is 8.32. The standard InChI is InChI=1S/C19H30FNO/c1-6-19(11-14(2)3,12-15(4)5)13-21-18(22)16-7-9-17(20)10-8-16/h7-10,14-15H,6,11-13H2,1-5H3,(H,21,22). The van der Waals surface area contributed by atoms with Crippen molar-refractivity contribution in [1.82, 2.24) is 5.32 Å². The lowest BCUT2D eigenvalue weighted by atomic mass is 9.72. The molecule has 0 radical (unpaired) electrons. The molecule has 0 saturated heterocycles. The lowest BCUT2D eigenvalue weighted by Crippen LogP contribution is -2.39. The number of rotatable bonds is 8. The smallest absolute Gasteiger partial charge is 0.251 e. The summed E-state index contributed by atoms with van der Waals surface area (Å²) in [6.45, 7) is 11.8. The largest absolute Gasteiger partial charge is 0.351 e. The molecule has 3 heteroatoms. The van der Waals surface area contributed by atoms with Crippen LogP contribution in [0.1, 0.15) is 64.2 Å². The van der Waals surface area contributed by atoms with Crippen LogP contribution in [0.3, 0.4) is 0 Å². The topological polar surface area (TPSA) is 29.1 Å². The van der Waals surface area contributed by atoms with E-state index in [-0.39, 0.29) is 17.1 Å². The highest BCUT2D eigenvalue weighted by Crippen LogP contribution is 2.36. The Morgan fingerprint density at radius 2 is 1.59 bits per heavy atom. The van der Waals surface area contributed by atoms with Gasteiger partial charge >= 0.3 is 0 Å². The first kappa shape index (κ1) is 18.7. The summed E-state index contributed by atoms with van der Waals surface area (Å²) in [6, 6.07) is 5.71. The average Bonchev–Trinajstić information content (AvgIpc) is 2.44. The molecule has 0 heterocycles. The van der Waals surface area contributed by atoms with Crippen LogP contribution in [0.2, 0.25) is 0 Å². The van der Waals surface area contributed by atoms with Gasteiger partial charge in [-0.15, -0.1) is 0 Å². The minimum Gasteiger partial charge on any atom is -0.351 e. The Hall–Kier alpha value is -1.38. The van der Waals surface area contributed by atoms with Crippen molar-refractivity contribution in [2.24, 2.45) is 17.3 Å². The summed E-state index contributed by atoms with van der Waals surface area (Å²) in [5.74, 6) is 0.757. The van der Waals surface area contributed by atoms with Crippen LogP contribution in [0.5, 0.6) is 0 Å². The van der Waals surface area contributed by atoms with Gasteiger partial charge < -0.3 is 5.32 Å². The summed E-state index contributed by atoms with van der Waals surface area (Å²) in [5.41, 5.74) is 0.651. The zero-order valence-corrected chi connectivity index (χ0v) is 14.6. The van der Waals surface area contributed by atoms with Gasteiger partial charge in [0, 0.05) is 12.1 Å². The SMILES string of the molecule is CCC(CNC(=O)c1ccc(F)cc1)(CC(C)C)CC(C)C. The van der Waals surface area contributed by atoms with E-state index in [2.05, 4.69) is 39.9 Å². The fourth-order valence-corrected chi connectivity index (χ4v) is 3.34. The number of hydrogen-bond acceptors (Lipinski definition) is 1. The van der Waals surface area contributed by atoms with E-state index in [1.165, 1.54) is 24.3 Å². The van der Waals surface area contributed by atoms with Crippen molar-refractivity contribution in [1.29, 1.82) is 0 Å². The number of carbonyl (C=O) groups excluding carboxylic acids is 1. The van der Waals surface area contributed by atoms with Crippen molar-refractivity contribution in [3.8, 4) is 0 Å². The van der Waals surface area contributed by atoms with Crippen LogP contribution in [0.15, 0.2) is 24.3 Å². The van der Waals surface area contributed by atoms with E-state index in [9.17, 15) is 9.18 Å². The Morgan fingerprint density at radius 3 is 2.00 bits per heavy atom. The maximum absolute atomic E-state index is 12.9. The van der Waals surface area contributed by atoms with Gasteiger partial charge in [-0.25, -0.2) is 4.39 Å². The van der Waals surface area contributed by atoms with Crippen LogP contribution in [0.4, 0.5) is 4.39 Å². The normalized spacial score (nSPS) is 12.0. The van der Waals surface area contributed by atoms with Gasteiger partial charge in [0.1, 0.15) is 5.82 Å². The third-order valence-electron chi connectivity index (χ3n) is 4.16. The minimum absolute atomic E-state index is 0.120. The summed E-state index contributed by atoms with van der Waals surface area (Å²) in [4.78, 5) is 12.3. The molecule has 2 nitrogen and oxygen atoms in total. The molecule has 1 amide bonds. The second kappa shape index (κ2) is 8.30. The van der Waals surface area contributed by atoms with E-state index in [1.807, 2.05) is 0 Å². The van der Waals surface area contributed by atoms with Crippen molar-refractivity contribution >= 4 is 5.91 Å². The lowest BCUT2D eigenvalue weighted by Gasteiger charge is -2.36. The number of halogens is 1. The van der Waals surface area contributed by atoms with Crippen molar-refractivity contribution in [3.63, 3.8) is 0 Å². The molecule has 0 fully saturated rings. The van der Waals surface area contributed by atoms with Crippen LogP contribution < -0.4 is 5.32 Å². The molecule has 1 aromatic rings. The predicted octanol–water partition coefficient (Wildman–Crippen LogP) is 5.04. The Kier molecular flexibility index (Phi) is 7.05. The van der Waals surface area contributed by atoms with E-state index >= 15 is 0 Å². The van der Waals surface area contributed by atoms with E-state index < -0.39 is 0 Å². The van der Waals surface area contributed by atoms with Gasteiger partial charge in [-0.05, 0) is 60.8 Å². The molecule has 1 aromatic carbocycles. The Labute approximate surface area is 134 Å². The molecule has 0 aromatic heterocycles. The minimum atomic E-state index is -0.320. The van der Waals surface area contributed by atoms with Crippen LogP contribution in [0.25, 0.3) is 0 Å². The zero-order valence-electron chi connectivity index (χ0n) is 14.6. The van der Waals surface area contributed by atoms with E-state index in [0.29, 0.717) is 23.9 Å². The molecular weight excluding hydrogens is 277 g/mol. The summed E-state index contributed by atoms with van der Waals surface area (Å²) in [7, 11) is 0. The molecule has 1 rings (SSSR count). The summed E-state index contributed by atoms with van der Waals surface area (Å²) in [6.07, 6.45) is 3.25.